The van der Waals surface area contributed by atoms with Crippen LogP contribution in [0.2, 0.25) is 0 Å². The number of hydrogen-bond donors (Lipinski definition) is 0. The van der Waals surface area contributed by atoms with Crippen molar-refractivity contribution in [2.75, 3.05) is 0 Å². The van der Waals surface area contributed by atoms with E-state index in [0.29, 0.717) is 11.3 Å². The molecular weight excluding hydrogens is 413 g/mol. The zero-order valence-electron chi connectivity index (χ0n) is 7.89. The van der Waals surface area contributed by atoms with Gasteiger partial charge in [-0.15, -0.1) is 6.07 Å². The van der Waals surface area contributed by atoms with E-state index in [-0.39, 0.29) is 0 Å². The molecule has 0 fully saturated rings. The molecule has 0 aliphatic rings. The minimum Gasteiger partial charge on any atom is -0.365 e. The Hall–Kier alpha value is -2.55. The molecule has 0 atom stereocenters. The zero-order chi connectivity index (χ0) is 9.14. The van der Waals surface area contributed by atoms with Crippen LogP contribution in [0.25, 0.3) is 10.9 Å². The van der Waals surface area contributed by atoms with E-state index >= 15 is 0 Å². The fraction of sp³-hybridized carbons (Fsp3) is 0.182. The van der Waals surface area contributed by atoms with Gasteiger partial charge in [0.25, 0.3) is 0 Å². The minimum absolute atomic E-state index is 0. The molecule has 0 bridgehead atoms. The van der Waals surface area contributed by atoms with Gasteiger partial charge in [0.2, 0.25) is 0 Å². The topological polar surface area (TPSA) is 4.36 Å². The summed E-state index contributed by atoms with van der Waals surface area (Å²) in [5, 5.41) is 0. The summed E-state index contributed by atoms with van der Waals surface area (Å²) in [5.41, 5.74) is 3.49. The number of hydrogen-bond acceptors (Lipinski definition) is 0. The summed E-state index contributed by atoms with van der Waals surface area (Å²) in [6.45, 7) is 17.9. The number of rotatable bonds is 1. The predicted molar refractivity (Wildman–Crippen MR) is 49.9 cm³/mol. The molecule has 0 heterocycles. The van der Waals surface area contributed by atoms with Crippen molar-refractivity contribution in [2.24, 2.45) is 0 Å². The summed E-state index contributed by atoms with van der Waals surface area (Å²) in [4.78, 5) is 3.34. The summed E-state index contributed by atoms with van der Waals surface area (Å²) in [6, 6.07) is 3.69. The van der Waals surface area contributed by atoms with Crippen LogP contribution in [0, 0.1) is 27.0 Å². The zero-order valence-corrected chi connectivity index (χ0v) is 14.3. The Morgan fingerprint density at radius 2 is 1.77 bits per heavy atom. The summed E-state index contributed by atoms with van der Waals surface area (Å²) >= 11 is 0. The molecule has 0 aliphatic carbocycles. The van der Waals surface area contributed by atoms with E-state index in [1.165, 1.54) is 6.08 Å². The largest absolute Gasteiger partial charge is 0.365 e. The van der Waals surface area contributed by atoms with Crippen molar-refractivity contribution in [3.8, 4) is 0 Å². The standard InChI is InChI=1S/C11H9N.Rf/c1-5-10-6-8(2)9(3)7-11(10)12-4;/h5-7H,2-3H3;/q-1;. The Kier molecular flexibility index (Phi) is 3.00. The third-order valence-corrected chi connectivity index (χ3v) is 1.92. The summed E-state index contributed by atoms with van der Waals surface area (Å²) in [5.74, 6) is 0. The van der Waals surface area contributed by atoms with Crippen LogP contribution in [0.4, 0.5) is 5.69 Å². The fourth-order valence-electron chi connectivity index (χ4n) is 1.04. The molecule has 1 aromatic rings. The number of nitrogens with zero attached hydrogens (tertiary/aromatic N) is 1. The molecular formula is C11H9NRf-. The molecule has 0 unspecified atom stereocenters. The molecule has 0 aromatic heterocycles. The molecule has 1 nitrogen and oxygen atoms in total. The van der Waals surface area contributed by atoms with Crippen LogP contribution < -0.4 is 0 Å². The third kappa shape index (κ3) is 1.72. The maximum atomic E-state index is 7.09. The van der Waals surface area contributed by atoms with Gasteiger partial charge < -0.3 is 6.58 Å². The van der Waals surface area contributed by atoms with E-state index in [4.69, 9.17) is 13.2 Å². The van der Waals surface area contributed by atoms with Crippen LogP contribution in [0.3, 0.4) is 0 Å². The van der Waals surface area contributed by atoms with Crippen molar-refractivity contribution >= 4 is 11.8 Å². The number of aryl methyl sites for hydroxylation is 2. The SMILES string of the molecule is [C-]=Cc1cc(C)c(C)cc1[N+]#[C-].[Rf]. The van der Waals surface area contributed by atoms with Gasteiger partial charge in [-0.3, -0.25) is 10.9 Å². The molecule has 61 valence electrons. The van der Waals surface area contributed by atoms with E-state index in [0.717, 1.165) is 11.1 Å². The molecule has 2 heteroatoms. The van der Waals surface area contributed by atoms with Crippen molar-refractivity contribution in [3.05, 3.63) is 46.8 Å². The van der Waals surface area contributed by atoms with Crippen molar-refractivity contribution < 1.29 is 0 Å². The molecule has 0 aliphatic heterocycles. The van der Waals surface area contributed by atoms with E-state index in [1.54, 1.807) is 0 Å². The number of benzene rings is 1. The summed E-state index contributed by atoms with van der Waals surface area (Å²) in [6.07, 6.45) is 1.22. The van der Waals surface area contributed by atoms with Crippen LogP contribution in [0.5, 0.6) is 0 Å². The quantitative estimate of drug-likeness (QED) is 0.613. The van der Waals surface area contributed by atoms with Gasteiger partial charge in [-0.2, -0.15) is 5.56 Å². The van der Waals surface area contributed by atoms with Crippen LogP contribution in [-0.4, -0.2) is 0 Å². The van der Waals surface area contributed by atoms with Gasteiger partial charge >= 0.3 is 0 Å². The van der Waals surface area contributed by atoms with Gasteiger partial charge in [0.15, 0.2) is 0 Å². The summed E-state index contributed by atoms with van der Waals surface area (Å²) in [7, 11) is 0. The Bertz CT molecular complexity index is 361. The van der Waals surface area contributed by atoms with Gasteiger partial charge in [0.05, 0.1) is 6.57 Å². The van der Waals surface area contributed by atoms with Crippen molar-refractivity contribution in [1.29, 1.82) is 0 Å². The molecule has 0 saturated carbocycles. The van der Waals surface area contributed by atoms with Crippen LogP contribution in [-0.2, 0) is 0 Å². The van der Waals surface area contributed by atoms with Gasteiger partial charge in [0, 0.05) is 0 Å². The molecule has 0 amide bonds. The second kappa shape index (κ2) is 3.73. The summed E-state index contributed by atoms with van der Waals surface area (Å²) < 4.78 is 0. The van der Waals surface area contributed by atoms with E-state index in [1.807, 2.05) is 26.0 Å². The minimum atomic E-state index is 0. The fourth-order valence-corrected chi connectivity index (χ4v) is 1.04. The third-order valence-electron chi connectivity index (χ3n) is 1.92. The van der Waals surface area contributed by atoms with Gasteiger partial charge in [-0.25, -0.2) is 0 Å². The van der Waals surface area contributed by atoms with E-state index in [2.05, 4.69) is 4.85 Å². The van der Waals surface area contributed by atoms with Crippen molar-refractivity contribution in [1.82, 2.24) is 0 Å². The molecule has 0 spiro atoms. The smallest absolute Gasteiger partial charge is 0.116 e. The van der Waals surface area contributed by atoms with Crippen molar-refractivity contribution in [2.45, 2.75) is 13.8 Å². The first-order valence-corrected chi connectivity index (χ1v) is 3.68. The van der Waals surface area contributed by atoms with E-state index < -0.39 is 0 Å². The Morgan fingerprint density at radius 1 is 1.23 bits per heavy atom. The second-order valence-corrected chi connectivity index (χ2v) is 2.75. The molecule has 0 saturated heterocycles. The van der Waals surface area contributed by atoms with Crippen LogP contribution in [0.15, 0.2) is 12.1 Å². The predicted octanol–water partition coefficient (Wildman–Crippen LogP) is 3.18. The molecule has 1 radical (unpaired) electrons. The Balaban J connectivity index is 0.00000144. The first kappa shape index (κ1) is 10.4. The average molecular weight is 422 g/mol. The second-order valence-electron chi connectivity index (χ2n) is 2.75. The van der Waals surface area contributed by atoms with Crippen LogP contribution in [0.1, 0.15) is 16.7 Å². The van der Waals surface area contributed by atoms with Gasteiger partial charge in [0.1, 0.15) is 5.69 Å². The van der Waals surface area contributed by atoms with Gasteiger partial charge in [-0.05, 0) is 13.8 Å². The first-order valence-electron chi connectivity index (χ1n) is 3.68. The monoisotopic (exact) mass is 422 g/mol. The molecule has 0 N–H and O–H groups in total. The average Bonchev–Trinajstić information content (AvgIpc) is 2.09. The maximum Gasteiger partial charge on any atom is 0.116 e. The van der Waals surface area contributed by atoms with E-state index in [9.17, 15) is 0 Å². The first-order chi connectivity index (χ1) is 5.69. The maximum absolute atomic E-state index is 7.09. The molecule has 1 rings (SSSR count). The normalized spacial score (nSPS) is 8.38. The van der Waals surface area contributed by atoms with Crippen LogP contribution >= 0.6 is 0 Å². The Morgan fingerprint density at radius 3 is 2.23 bits per heavy atom. The Labute approximate surface area is 73.2 Å². The molecule has 13 heavy (non-hydrogen) atoms. The van der Waals surface area contributed by atoms with Crippen molar-refractivity contribution in [3.63, 3.8) is 0 Å². The molecule has 1 aromatic carbocycles. The van der Waals surface area contributed by atoms with Gasteiger partial charge in [-0.1, -0.05) is 17.2 Å².